The summed E-state index contributed by atoms with van der Waals surface area (Å²) in [5, 5.41) is 0. The van der Waals surface area contributed by atoms with Gasteiger partial charge in [-0.1, -0.05) is 50.3 Å². The normalized spacial score (nSPS) is 11.3. The van der Waals surface area contributed by atoms with Crippen LogP contribution in [0.4, 0.5) is 4.39 Å². The third-order valence-corrected chi connectivity index (χ3v) is 3.84. The van der Waals surface area contributed by atoms with Gasteiger partial charge in [0.15, 0.2) is 5.78 Å². The number of ketones is 1. The average molecular weight is 347 g/mol. The highest BCUT2D eigenvalue weighted by molar-refractivity contribution is 9.10. The Morgan fingerprint density at radius 3 is 2.38 bits per heavy atom. The van der Waals surface area contributed by atoms with Crippen LogP contribution in [0, 0.1) is 5.82 Å². The molecule has 0 unspecified atom stereocenters. The molecule has 0 radical (unpaired) electrons. The summed E-state index contributed by atoms with van der Waals surface area (Å²) in [4.78, 5) is 12.1. The molecule has 2 aromatic rings. The molecule has 0 aliphatic rings. The van der Waals surface area contributed by atoms with E-state index < -0.39 is 0 Å². The van der Waals surface area contributed by atoms with E-state index in [9.17, 15) is 9.18 Å². The van der Waals surface area contributed by atoms with Crippen LogP contribution in [0.2, 0.25) is 0 Å². The number of rotatable bonds is 4. The zero-order valence-electron chi connectivity index (χ0n) is 11.9. The van der Waals surface area contributed by atoms with E-state index in [1.165, 1.54) is 17.7 Å². The first-order valence-corrected chi connectivity index (χ1v) is 7.54. The van der Waals surface area contributed by atoms with Gasteiger partial charge in [-0.3, -0.25) is 4.79 Å². The van der Waals surface area contributed by atoms with Crippen molar-refractivity contribution in [1.82, 2.24) is 0 Å². The van der Waals surface area contributed by atoms with Gasteiger partial charge in [-0.25, -0.2) is 4.39 Å². The molecule has 0 N–H and O–H groups in total. The lowest BCUT2D eigenvalue weighted by atomic mass is 10.0. The molecular weight excluding hydrogens is 331 g/mol. The van der Waals surface area contributed by atoms with Crippen molar-refractivity contribution in [1.29, 1.82) is 0 Å². The van der Waals surface area contributed by atoms with E-state index in [0.29, 0.717) is 16.0 Å². The molecule has 3 heteroatoms. The van der Waals surface area contributed by atoms with Crippen LogP contribution >= 0.6 is 15.9 Å². The minimum Gasteiger partial charge on any atom is -0.289 e. The predicted octanol–water partition coefficient (Wildman–Crippen LogP) is 5.61. The van der Waals surface area contributed by atoms with Crippen LogP contribution in [0.5, 0.6) is 0 Å². The molecule has 1 nitrogen and oxygen atoms in total. The molecule has 0 aliphatic carbocycles. The second-order valence-corrected chi connectivity index (χ2v) is 6.00. The molecule has 0 fully saturated rings. The number of allylic oxidation sites excluding steroid dienone is 1. The highest BCUT2D eigenvalue weighted by atomic mass is 79.9. The minimum atomic E-state index is -0.317. The van der Waals surface area contributed by atoms with E-state index in [4.69, 9.17) is 0 Å². The topological polar surface area (TPSA) is 17.1 Å². The Kier molecular flexibility index (Phi) is 5.07. The number of carbonyl (C=O) groups is 1. The molecule has 0 aliphatic heterocycles. The van der Waals surface area contributed by atoms with Crippen molar-refractivity contribution in [2.75, 3.05) is 0 Å². The molecule has 0 saturated carbocycles. The van der Waals surface area contributed by atoms with Crippen LogP contribution in [-0.2, 0) is 0 Å². The minimum absolute atomic E-state index is 0.0641. The van der Waals surface area contributed by atoms with Crippen molar-refractivity contribution in [3.8, 4) is 0 Å². The second kappa shape index (κ2) is 6.81. The number of carbonyl (C=O) groups excluding carboxylic acids is 1. The maximum atomic E-state index is 13.1. The number of hydrogen-bond acceptors (Lipinski definition) is 1. The van der Waals surface area contributed by atoms with Gasteiger partial charge in [-0.15, -0.1) is 0 Å². The van der Waals surface area contributed by atoms with Gasteiger partial charge in [-0.2, -0.15) is 0 Å². The predicted molar refractivity (Wildman–Crippen MR) is 88.0 cm³/mol. The molecule has 0 saturated heterocycles. The standard InChI is InChI=1S/C18H16BrFO/c1-12(2)14-5-7-15(8-6-14)18(21)10-4-13-3-9-17(20)16(19)11-13/h3-12H,1-2H3/b10-4+. The quantitative estimate of drug-likeness (QED) is 0.519. The lowest BCUT2D eigenvalue weighted by Gasteiger charge is -2.05. The summed E-state index contributed by atoms with van der Waals surface area (Å²) in [5.74, 6) is 0.0646. The molecule has 0 heterocycles. The molecule has 0 spiro atoms. The Morgan fingerprint density at radius 1 is 1.14 bits per heavy atom. The SMILES string of the molecule is CC(C)c1ccc(C(=O)/C=C/c2ccc(F)c(Br)c2)cc1. The first-order chi connectivity index (χ1) is 9.97. The molecule has 0 aromatic heterocycles. The molecule has 0 atom stereocenters. The first kappa shape index (κ1) is 15.6. The van der Waals surface area contributed by atoms with Gasteiger partial charge in [0.2, 0.25) is 0 Å². The summed E-state index contributed by atoms with van der Waals surface area (Å²) in [6.45, 7) is 4.23. The molecule has 2 aromatic carbocycles. The van der Waals surface area contributed by atoms with Gasteiger partial charge in [-0.05, 0) is 51.2 Å². The monoisotopic (exact) mass is 346 g/mol. The molecule has 108 valence electrons. The van der Waals surface area contributed by atoms with Crippen molar-refractivity contribution in [2.45, 2.75) is 19.8 Å². The molecule has 21 heavy (non-hydrogen) atoms. The Morgan fingerprint density at radius 2 is 1.81 bits per heavy atom. The summed E-state index contributed by atoms with van der Waals surface area (Å²) in [6.07, 6.45) is 3.19. The van der Waals surface area contributed by atoms with E-state index in [1.807, 2.05) is 24.3 Å². The summed E-state index contributed by atoms with van der Waals surface area (Å²) in [7, 11) is 0. The highest BCUT2D eigenvalue weighted by Crippen LogP contribution is 2.18. The first-order valence-electron chi connectivity index (χ1n) is 6.75. The number of benzene rings is 2. The Balaban J connectivity index is 2.13. The molecule has 2 rings (SSSR count). The largest absolute Gasteiger partial charge is 0.289 e. The smallest absolute Gasteiger partial charge is 0.185 e. The van der Waals surface area contributed by atoms with Crippen LogP contribution in [0.25, 0.3) is 6.08 Å². The van der Waals surface area contributed by atoms with Gasteiger partial charge < -0.3 is 0 Å². The Bertz CT molecular complexity index is 672. The fourth-order valence-corrected chi connectivity index (χ4v) is 2.31. The van der Waals surface area contributed by atoms with Crippen molar-refractivity contribution >= 4 is 27.8 Å². The summed E-state index contributed by atoms with van der Waals surface area (Å²) >= 11 is 3.13. The van der Waals surface area contributed by atoms with E-state index in [1.54, 1.807) is 18.2 Å². The fourth-order valence-electron chi connectivity index (χ4n) is 1.92. The second-order valence-electron chi connectivity index (χ2n) is 5.15. The van der Waals surface area contributed by atoms with Gasteiger partial charge in [0.25, 0.3) is 0 Å². The lowest BCUT2D eigenvalue weighted by Crippen LogP contribution is -1.95. The highest BCUT2D eigenvalue weighted by Gasteiger charge is 2.04. The zero-order chi connectivity index (χ0) is 15.4. The summed E-state index contributed by atoms with van der Waals surface area (Å²) < 4.78 is 13.5. The van der Waals surface area contributed by atoms with Gasteiger partial charge >= 0.3 is 0 Å². The number of hydrogen-bond donors (Lipinski definition) is 0. The van der Waals surface area contributed by atoms with Crippen LogP contribution in [0.1, 0.15) is 41.3 Å². The van der Waals surface area contributed by atoms with Crippen molar-refractivity contribution in [3.05, 3.63) is 75.5 Å². The van der Waals surface area contributed by atoms with E-state index >= 15 is 0 Å². The molecule has 0 amide bonds. The number of halogens is 2. The van der Waals surface area contributed by atoms with Crippen LogP contribution in [0.15, 0.2) is 53.0 Å². The van der Waals surface area contributed by atoms with Gasteiger partial charge in [0, 0.05) is 5.56 Å². The third-order valence-electron chi connectivity index (χ3n) is 3.23. The lowest BCUT2D eigenvalue weighted by molar-refractivity contribution is 0.104. The molecule has 0 bridgehead atoms. The van der Waals surface area contributed by atoms with Crippen LogP contribution in [0.3, 0.4) is 0 Å². The van der Waals surface area contributed by atoms with Crippen LogP contribution < -0.4 is 0 Å². The van der Waals surface area contributed by atoms with E-state index in [-0.39, 0.29) is 11.6 Å². The Labute approximate surface area is 132 Å². The summed E-state index contributed by atoms with van der Waals surface area (Å²) in [5.41, 5.74) is 2.63. The third kappa shape index (κ3) is 4.11. The van der Waals surface area contributed by atoms with Crippen molar-refractivity contribution < 1.29 is 9.18 Å². The van der Waals surface area contributed by atoms with Gasteiger partial charge in [0.1, 0.15) is 5.82 Å². The fraction of sp³-hybridized carbons (Fsp3) is 0.167. The Hall–Kier alpha value is -1.74. The van der Waals surface area contributed by atoms with Gasteiger partial charge in [0.05, 0.1) is 4.47 Å². The van der Waals surface area contributed by atoms with Crippen LogP contribution in [-0.4, -0.2) is 5.78 Å². The average Bonchev–Trinajstić information content (AvgIpc) is 2.48. The molecular formula is C18H16BrFO. The van der Waals surface area contributed by atoms with Crippen molar-refractivity contribution in [3.63, 3.8) is 0 Å². The maximum absolute atomic E-state index is 13.1. The van der Waals surface area contributed by atoms with Crippen molar-refractivity contribution in [2.24, 2.45) is 0 Å². The zero-order valence-corrected chi connectivity index (χ0v) is 13.5. The van der Waals surface area contributed by atoms with E-state index in [2.05, 4.69) is 29.8 Å². The maximum Gasteiger partial charge on any atom is 0.185 e. The van der Waals surface area contributed by atoms with E-state index in [0.717, 1.165) is 5.56 Å². The summed E-state index contributed by atoms with van der Waals surface area (Å²) in [6, 6.07) is 12.3.